The summed E-state index contributed by atoms with van der Waals surface area (Å²) in [5, 5.41) is 0. The number of Topliss-reactive ketones (excluding diaryl/α,β-unsaturated/α-hetero) is 1. The SMILES string of the molecule is CCN(CC)S(=O)(=O)c1ccc(F)c(C(=O)OCC(=O)c2cc(C)n(CC)c2C)c1. The summed E-state index contributed by atoms with van der Waals surface area (Å²) < 4.78 is 47.6. The number of aryl methyl sites for hydroxylation is 1. The summed E-state index contributed by atoms with van der Waals surface area (Å²) in [6.45, 7) is 9.59. The fraction of sp³-hybridized carbons (Fsp3) is 0.429. The normalized spacial score (nSPS) is 11.7. The molecular weight excluding hydrogens is 411 g/mol. The van der Waals surface area contributed by atoms with Crippen molar-refractivity contribution in [1.29, 1.82) is 0 Å². The van der Waals surface area contributed by atoms with Gasteiger partial charge < -0.3 is 9.30 Å². The zero-order valence-corrected chi connectivity index (χ0v) is 18.7. The van der Waals surface area contributed by atoms with Crippen LogP contribution in [0.15, 0.2) is 29.2 Å². The Morgan fingerprint density at radius 3 is 2.23 bits per heavy atom. The Morgan fingerprint density at radius 2 is 1.70 bits per heavy atom. The van der Waals surface area contributed by atoms with E-state index in [1.54, 1.807) is 26.8 Å². The van der Waals surface area contributed by atoms with Crippen molar-refractivity contribution < 1.29 is 27.1 Å². The highest BCUT2D eigenvalue weighted by molar-refractivity contribution is 7.89. The van der Waals surface area contributed by atoms with Gasteiger partial charge in [0.2, 0.25) is 15.8 Å². The molecule has 0 fully saturated rings. The van der Waals surface area contributed by atoms with Crippen molar-refractivity contribution in [2.45, 2.75) is 46.1 Å². The molecule has 0 amide bonds. The Labute approximate surface area is 176 Å². The van der Waals surface area contributed by atoms with Crippen molar-refractivity contribution in [2.75, 3.05) is 19.7 Å². The molecule has 1 heterocycles. The molecule has 2 aromatic rings. The number of nitrogens with zero attached hydrogens (tertiary/aromatic N) is 2. The van der Waals surface area contributed by atoms with Crippen molar-refractivity contribution in [1.82, 2.24) is 8.87 Å². The van der Waals surface area contributed by atoms with E-state index in [1.165, 1.54) is 4.31 Å². The Kier molecular flexibility index (Phi) is 7.54. The van der Waals surface area contributed by atoms with Crippen LogP contribution in [0.25, 0.3) is 0 Å². The van der Waals surface area contributed by atoms with Gasteiger partial charge in [-0.2, -0.15) is 4.31 Å². The summed E-state index contributed by atoms with van der Waals surface area (Å²) >= 11 is 0. The van der Waals surface area contributed by atoms with Crippen molar-refractivity contribution in [3.05, 3.63) is 52.6 Å². The lowest BCUT2D eigenvalue weighted by molar-refractivity contribution is 0.0469. The molecule has 0 saturated heterocycles. The van der Waals surface area contributed by atoms with Gasteiger partial charge in [-0.3, -0.25) is 4.79 Å². The van der Waals surface area contributed by atoms with E-state index in [2.05, 4.69) is 0 Å². The fourth-order valence-corrected chi connectivity index (χ4v) is 4.88. The summed E-state index contributed by atoms with van der Waals surface area (Å²) in [7, 11) is -3.87. The van der Waals surface area contributed by atoms with Gasteiger partial charge in [0.1, 0.15) is 5.82 Å². The van der Waals surface area contributed by atoms with E-state index in [1.807, 2.05) is 18.4 Å². The number of halogens is 1. The van der Waals surface area contributed by atoms with Gasteiger partial charge in [0.25, 0.3) is 0 Å². The monoisotopic (exact) mass is 438 g/mol. The molecule has 0 atom stereocenters. The van der Waals surface area contributed by atoms with Gasteiger partial charge in [-0.1, -0.05) is 13.8 Å². The van der Waals surface area contributed by atoms with Crippen LogP contribution in [0.5, 0.6) is 0 Å². The molecule has 164 valence electrons. The molecule has 0 N–H and O–H groups in total. The summed E-state index contributed by atoms with van der Waals surface area (Å²) in [6, 6.07) is 4.67. The molecule has 1 aromatic heterocycles. The Hall–Kier alpha value is -2.52. The van der Waals surface area contributed by atoms with Gasteiger partial charge >= 0.3 is 5.97 Å². The standard InChI is InChI=1S/C21H27FN2O5S/c1-6-23(7-2)30(27,28)16-9-10-19(22)18(12-16)21(26)29-13-20(25)17-11-14(4)24(8-3)15(17)5/h9-12H,6-8,13H2,1-5H3. The summed E-state index contributed by atoms with van der Waals surface area (Å²) in [5.41, 5.74) is 1.56. The highest BCUT2D eigenvalue weighted by atomic mass is 32.2. The van der Waals surface area contributed by atoms with Gasteiger partial charge in [0.15, 0.2) is 6.61 Å². The molecule has 30 heavy (non-hydrogen) atoms. The lowest BCUT2D eigenvalue weighted by atomic mass is 10.1. The van der Waals surface area contributed by atoms with E-state index in [4.69, 9.17) is 4.74 Å². The van der Waals surface area contributed by atoms with E-state index < -0.39 is 39.8 Å². The van der Waals surface area contributed by atoms with Crippen molar-refractivity contribution >= 4 is 21.8 Å². The molecule has 0 aliphatic rings. The van der Waals surface area contributed by atoms with Crippen molar-refractivity contribution in [3.63, 3.8) is 0 Å². The highest BCUT2D eigenvalue weighted by Gasteiger charge is 2.25. The highest BCUT2D eigenvalue weighted by Crippen LogP contribution is 2.20. The number of carbonyl (C=O) groups excluding carboxylic acids is 2. The largest absolute Gasteiger partial charge is 0.454 e. The minimum Gasteiger partial charge on any atom is -0.454 e. The van der Waals surface area contributed by atoms with Crippen LogP contribution in [0, 0.1) is 19.7 Å². The summed E-state index contributed by atoms with van der Waals surface area (Å²) in [5.74, 6) is -2.43. The Morgan fingerprint density at radius 1 is 1.07 bits per heavy atom. The first kappa shape index (κ1) is 23.8. The Bertz CT molecular complexity index is 1060. The number of esters is 1. The zero-order valence-electron chi connectivity index (χ0n) is 17.9. The predicted molar refractivity (Wildman–Crippen MR) is 111 cm³/mol. The number of sulfonamides is 1. The molecule has 0 aliphatic heterocycles. The third kappa shape index (κ3) is 4.62. The smallest absolute Gasteiger partial charge is 0.341 e. The first-order chi connectivity index (χ1) is 14.1. The van der Waals surface area contributed by atoms with E-state index in [0.29, 0.717) is 12.1 Å². The van der Waals surface area contributed by atoms with E-state index >= 15 is 0 Å². The van der Waals surface area contributed by atoms with Crippen molar-refractivity contribution in [3.8, 4) is 0 Å². The number of rotatable bonds is 9. The zero-order chi connectivity index (χ0) is 22.6. The van der Waals surface area contributed by atoms with Crippen LogP contribution in [0.2, 0.25) is 0 Å². The molecule has 2 rings (SSSR count). The molecule has 9 heteroatoms. The maximum absolute atomic E-state index is 14.2. The number of hydrogen-bond donors (Lipinski definition) is 0. The van der Waals surface area contributed by atoms with Crippen LogP contribution in [0.3, 0.4) is 0 Å². The van der Waals surface area contributed by atoms with Crippen LogP contribution in [0.1, 0.15) is 52.9 Å². The second-order valence-corrected chi connectivity index (χ2v) is 8.70. The maximum atomic E-state index is 14.2. The van der Waals surface area contributed by atoms with Crippen LogP contribution >= 0.6 is 0 Å². The second kappa shape index (κ2) is 9.53. The summed E-state index contributed by atoms with van der Waals surface area (Å²) in [6.07, 6.45) is 0. The van der Waals surface area contributed by atoms with Crippen LogP contribution in [-0.4, -0.2) is 48.7 Å². The van der Waals surface area contributed by atoms with Crippen LogP contribution in [-0.2, 0) is 21.3 Å². The number of ether oxygens (including phenoxy) is 1. The number of benzene rings is 1. The number of ketones is 1. The van der Waals surface area contributed by atoms with Gasteiger partial charge in [0.05, 0.1) is 10.5 Å². The topological polar surface area (TPSA) is 85.7 Å². The van der Waals surface area contributed by atoms with E-state index in [0.717, 1.165) is 29.6 Å². The fourth-order valence-electron chi connectivity index (χ4n) is 3.39. The van der Waals surface area contributed by atoms with E-state index in [9.17, 15) is 22.4 Å². The quantitative estimate of drug-likeness (QED) is 0.443. The van der Waals surface area contributed by atoms with Gasteiger partial charge in [-0.15, -0.1) is 0 Å². The molecule has 0 spiro atoms. The van der Waals surface area contributed by atoms with E-state index in [-0.39, 0.29) is 18.0 Å². The molecule has 0 aliphatic carbocycles. The minimum atomic E-state index is -3.87. The minimum absolute atomic E-state index is 0.211. The van der Waals surface area contributed by atoms with Gasteiger partial charge in [-0.05, 0) is 45.0 Å². The first-order valence-electron chi connectivity index (χ1n) is 9.75. The molecule has 1 aromatic carbocycles. The third-order valence-electron chi connectivity index (χ3n) is 5.03. The molecule has 0 unspecified atom stereocenters. The van der Waals surface area contributed by atoms with Crippen molar-refractivity contribution in [2.24, 2.45) is 0 Å². The van der Waals surface area contributed by atoms with Gasteiger partial charge in [-0.25, -0.2) is 17.6 Å². The molecule has 0 radical (unpaired) electrons. The molecule has 0 saturated carbocycles. The van der Waals surface area contributed by atoms with Gasteiger partial charge in [0, 0.05) is 36.6 Å². The van der Waals surface area contributed by atoms with Crippen LogP contribution < -0.4 is 0 Å². The average Bonchev–Trinajstić information content (AvgIpc) is 3.00. The van der Waals surface area contributed by atoms with Crippen LogP contribution in [0.4, 0.5) is 4.39 Å². The second-order valence-electron chi connectivity index (χ2n) is 6.76. The average molecular weight is 439 g/mol. The number of aromatic nitrogens is 1. The lowest BCUT2D eigenvalue weighted by Crippen LogP contribution is -2.30. The molecule has 7 nitrogen and oxygen atoms in total. The molecular formula is C21H27FN2O5S. The lowest BCUT2D eigenvalue weighted by Gasteiger charge is -2.18. The maximum Gasteiger partial charge on any atom is 0.341 e. The third-order valence-corrected chi connectivity index (χ3v) is 7.07. The predicted octanol–water partition coefficient (Wildman–Crippen LogP) is 3.33. The first-order valence-corrected chi connectivity index (χ1v) is 11.2. The number of hydrogen-bond acceptors (Lipinski definition) is 5. The molecule has 0 bridgehead atoms. The number of carbonyl (C=O) groups is 2. The Balaban J connectivity index is 2.23. The summed E-state index contributed by atoms with van der Waals surface area (Å²) in [4.78, 5) is 24.6.